The Kier molecular flexibility index (Phi) is 5.25. The largest absolute Gasteiger partial charge is 0.491 e. The van der Waals surface area contributed by atoms with E-state index in [4.69, 9.17) is 14.6 Å². The Morgan fingerprint density at radius 1 is 1.42 bits per heavy atom. The number of nitrogens with one attached hydrogen (secondary N) is 1. The molecule has 0 saturated carbocycles. The van der Waals surface area contributed by atoms with Gasteiger partial charge in [-0.2, -0.15) is 4.39 Å². The lowest BCUT2D eigenvalue weighted by atomic mass is 9.99. The number of rotatable bonds is 6. The number of pyridine rings is 1. The minimum Gasteiger partial charge on any atom is -0.491 e. The van der Waals surface area contributed by atoms with Crippen molar-refractivity contribution in [2.75, 3.05) is 6.61 Å². The smallest absolute Gasteiger partial charge is 0.404 e. The number of hydrogen-bond acceptors (Lipinski definition) is 4. The molecule has 0 aliphatic carbocycles. The molecule has 1 aromatic heterocycles. The highest BCUT2D eigenvalue weighted by Crippen LogP contribution is 2.40. The van der Waals surface area contributed by atoms with E-state index < -0.39 is 12.0 Å². The summed E-state index contributed by atoms with van der Waals surface area (Å²) in [7, 11) is 0. The Balaban J connectivity index is 1.75. The molecule has 26 heavy (non-hydrogen) atoms. The normalized spacial score (nSPS) is 13.4. The van der Waals surface area contributed by atoms with Gasteiger partial charge in [-0.1, -0.05) is 13.8 Å². The zero-order valence-corrected chi connectivity index (χ0v) is 14.7. The first-order valence-corrected chi connectivity index (χ1v) is 8.47. The van der Waals surface area contributed by atoms with Crippen molar-refractivity contribution in [3.63, 3.8) is 0 Å². The second-order valence-electron chi connectivity index (χ2n) is 6.67. The standard InChI is InChI=1S/C19H21FN2O4/c1-11(2)7-13(22-19(23)24)10-25-14-3-4-15-16(8-14)26-9-12-5-6-21-18(20)17(12)15/h3-6,8,11,13,22H,7,9-10H2,1-2H3,(H,23,24). The molecule has 0 bridgehead atoms. The van der Waals surface area contributed by atoms with Crippen molar-refractivity contribution in [1.29, 1.82) is 0 Å². The number of fused-ring (bicyclic) bond motifs is 3. The van der Waals surface area contributed by atoms with Gasteiger partial charge in [0.05, 0.1) is 6.04 Å². The lowest BCUT2D eigenvalue weighted by molar-refractivity contribution is 0.176. The number of halogens is 1. The van der Waals surface area contributed by atoms with E-state index in [0.29, 0.717) is 35.0 Å². The number of amides is 1. The molecule has 0 radical (unpaired) electrons. The molecule has 2 aromatic rings. The molecule has 1 unspecified atom stereocenters. The second-order valence-corrected chi connectivity index (χ2v) is 6.67. The van der Waals surface area contributed by atoms with Gasteiger partial charge in [-0.05, 0) is 30.5 Å². The molecule has 0 spiro atoms. The van der Waals surface area contributed by atoms with Gasteiger partial charge < -0.3 is 19.9 Å². The second kappa shape index (κ2) is 7.59. The van der Waals surface area contributed by atoms with Crippen molar-refractivity contribution in [2.24, 2.45) is 5.92 Å². The third kappa shape index (κ3) is 4.04. The predicted octanol–water partition coefficient (Wildman–Crippen LogP) is 3.84. The average molecular weight is 360 g/mol. The van der Waals surface area contributed by atoms with Gasteiger partial charge in [-0.3, -0.25) is 0 Å². The Hall–Kier alpha value is -2.83. The first kappa shape index (κ1) is 18.0. The van der Waals surface area contributed by atoms with Crippen LogP contribution in [0.15, 0.2) is 30.5 Å². The van der Waals surface area contributed by atoms with Crippen LogP contribution in [0.5, 0.6) is 11.5 Å². The van der Waals surface area contributed by atoms with Crippen LogP contribution in [0, 0.1) is 11.9 Å². The number of nitrogens with zero attached hydrogens (tertiary/aromatic N) is 1. The van der Waals surface area contributed by atoms with Gasteiger partial charge in [-0.15, -0.1) is 0 Å². The summed E-state index contributed by atoms with van der Waals surface area (Å²) < 4.78 is 25.5. The van der Waals surface area contributed by atoms with Gasteiger partial charge in [0.2, 0.25) is 5.95 Å². The van der Waals surface area contributed by atoms with Crippen molar-refractivity contribution in [3.8, 4) is 22.6 Å². The SMILES string of the molecule is CC(C)CC(COc1ccc2c(c1)OCc1ccnc(F)c1-2)NC(=O)O. The summed E-state index contributed by atoms with van der Waals surface area (Å²) in [4.78, 5) is 14.6. The Morgan fingerprint density at radius 2 is 2.23 bits per heavy atom. The zero-order valence-electron chi connectivity index (χ0n) is 14.7. The molecule has 1 aromatic carbocycles. The van der Waals surface area contributed by atoms with Crippen LogP contribution in [0.3, 0.4) is 0 Å². The molecule has 1 aliphatic heterocycles. The fourth-order valence-corrected chi connectivity index (χ4v) is 3.06. The zero-order chi connectivity index (χ0) is 18.7. The van der Waals surface area contributed by atoms with E-state index in [9.17, 15) is 9.18 Å². The van der Waals surface area contributed by atoms with E-state index in [1.54, 1.807) is 24.3 Å². The lowest BCUT2D eigenvalue weighted by Gasteiger charge is -2.22. The minimum absolute atomic E-state index is 0.204. The van der Waals surface area contributed by atoms with E-state index in [1.165, 1.54) is 6.20 Å². The fraction of sp³-hybridized carbons (Fsp3) is 0.368. The van der Waals surface area contributed by atoms with E-state index >= 15 is 0 Å². The highest BCUT2D eigenvalue weighted by molar-refractivity contribution is 5.75. The van der Waals surface area contributed by atoms with Gasteiger partial charge >= 0.3 is 6.09 Å². The molecule has 3 rings (SSSR count). The summed E-state index contributed by atoms with van der Waals surface area (Å²) in [6.45, 7) is 4.50. The van der Waals surface area contributed by atoms with Crippen LogP contribution < -0.4 is 14.8 Å². The third-order valence-corrected chi connectivity index (χ3v) is 4.13. The van der Waals surface area contributed by atoms with Gasteiger partial charge in [0.25, 0.3) is 0 Å². The molecule has 0 saturated heterocycles. The third-order valence-electron chi connectivity index (χ3n) is 4.13. The summed E-state index contributed by atoms with van der Waals surface area (Å²) in [5.74, 6) is 0.864. The first-order valence-electron chi connectivity index (χ1n) is 8.47. The molecule has 138 valence electrons. The number of benzene rings is 1. The number of ether oxygens (including phenoxy) is 2. The maximum absolute atomic E-state index is 14.1. The number of hydrogen-bond donors (Lipinski definition) is 2. The van der Waals surface area contributed by atoms with Crippen LogP contribution in [-0.4, -0.2) is 28.8 Å². The van der Waals surface area contributed by atoms with Crippen molar-refractivity contribution < 1.29 is 23.8 Å². The molecule has 1 aliphatic rings. The van der Waals surface area contributed by atoms with E-state index in [2.05, 4.69) is 10.3 Å². The maximum atomic E-state index is 14.1. The average Bonchev–Trinajstić information content (AvgIpc) is 2.58. The molecular formula is C19H21FN2O4. The maximum Gasteiger partial charge on any atom is 0.404 e. The molecule has 2 heterocycles. The summed E-state index contributed by atoms with van der Waals surface area (Å²) in [5, 5.41) is 11.4. The number of carbonyl (C=O) groups is 1. The number of aromatic nitrogens is 1. The Morgan fingerprint density at radius 3 is 2.96 bits per heavy atom. The van der Waals surface area contributed by atoms with Crippen LogP contribution >= 0.6 is 0 Å². The van der Waals surface area contributed by atoms with Crippen LogP contribution in [0.1, 0.15) is 25.8 Å². The van der Waals surface area contributed by atoms with Crippen LogP contribution in [0.25, 0.3) is 11.1 Å². The van der Waals surface area contributed by atoms with Crippen molar-refractivity contribution in [1.82, 2.24) is 10.3 Å². The molecule has 2 N–H and O–H groups in total. The van der Waals surface area contributed by atoms with Crippen LogP contribution in [0.4, 0.5) is 9.18 Å². The Labute approximate surface area is 151 Å². The quantitative estimate of drug-likeness (QED) is 0.765. The summed E-state index contributed by atoms with van der Waals surface area (Å²) >= 11 is 0. The molecule has 0 fully saturated rings. The highest BCUT2D eigenvalue weighted by atomic mass is 19.1. The molecule has 1 amide bonds. The monoisotopic (exact) mass is 360 g/mol. The lowest BCUT2D eigenvalue weighted by Crippen LogP contribution is -2.39. The summed E-state index contributed by atoms with van der Waals surface area (Å²) in [6.07, 6.45) is 1.01. The van der Waals surface area contributed by atoms with Crippen molar-refractivity contribution >= 4 is 6.09 Å². The molecule has 6 nitrogen and oxygen atoms in total. The van der Waals surface area contributed by atoms with Gasteiger partial charge in [0.15, 0.2) is 0 Å². The number of carboxylic acid groups (broad SMARTS) is 1. The summed E-state index contributed by atoms with van der Waals surface area (Å²) in [6, 6.07) is 6.57. The fourth-order valence-electron chi connectivity index (χ4n) is 3.06. The van der Waals surface area contributed by atoms with Gasteiger partial charge in [0, 0.05) is 29.0 Å². The first-order chi connectivity index (χ1) is 12.4. The molecule has 1 atom stereocenters. The van der Waals surface area contributed by atoms with Crippen LogP contribution in [-0.2, 0) is 6.61 Å². The predicted molar refractivity (Wildman–Crippen MR) is 93.9 cm³/mol. The highest BCUT2D eigenvalue weighted by Gasteiger charge is 2.22. The van der Waals surface area contributed by atoms with E-state index in [0.717, 1.165) is 5.56 Å². The van der Waals surface area contributed by atoms with E-state index in [1.807, 2.05) is 13.8 Å². The van der Waals surface area contributed by atoms with Gasteiger partial charge in [0.1, 0.15) is 24.7 Å². The van der Waals surface area contributed by atoms with Crippen molar-refractivity contribution in [3.05, 3.63) is 42.0 Å². The minimum atomic E-state index is -1.08. The van der Waals surface area contributed by atoms with Crippen LogP contribution in [0.2, 0.25) is 0 Å². The molecular weight excluding hydrogens is 339 g/mol. The van der Waals surface area contributed by atoms with Gasteiger partial charge in [-0.25, -0.2) is 9.78 Å². The van der Waals surface area contributed by atoms with Crippen molar-refractivity contribution in [2.45, 2.75) is 32.9 Å². The topological polar surface area (TPSA) is 80.7 Å². The van der Waals surface area contributed by atoms with E-state index in [-0.39, 0.29) is 19.3 Å². The summed E-state index contributed by atoms with van der Waals surface area (Å²) in [5.41, 5.74) is 1.83. The molecule has 7 heteroatoms. The Bertz CT molecular complexity index is 810.